The third kappa shape index (κ3) is 5.12. The molecule has 10 heteroatoms. The molecule has 3 aliphatic heterocycles. The van der Waals surface area contributed by atoms with Crippen molar-refractivity contribution in [2.45, 2.75) is 6.61 Å². The van der Waals surface area contributed by atoms with Gasteiger partial charge in [0.25, 0.3) is 17.1 Å². The summed E-state index contributed by atoms with van der Waals surface area (Å²) in [7, 11) is 0. The number of hydrogen-bond donors (Lipinski definition) is 1. The van der Waals surface area contributed by atoms with E-state index in [2.05, 4.69) is 15.2 Å². The van der Waals surface area contributed by atoms with Crippen LogP contribution in [-0.2, 0) is 11.4 Å². The summed E-state index contributed by atoms with van der Waals surface area (Å²) in [5, 5.41) is 1.86. The number of carbonyl (C=O) groups excluding carboxylic acids is 3. The Balaban J connectivity index is 1.21. The fourth-order valence-corrected chi connectivity index (χ4v) is 5.76. The maximum absolute atomic E-state index is 12.9. The van der Waals surface area contributed by atoms with E-state index in [0.29, 0.717) is 54.6 Å². The van der Waals surface area contributed by atoms with Crippen LogP contribution in [0.15, 0.2) is 71.6 Å². The van der Waals surface area contributed by atoms with Gasteiger partial charge in [0.2, 0.25) is 11.8 Å². The minimum atomic E-state index is -0.439. The Kier molecular flexibility index (Phi) is 6.55. The van der Waals surface area contributed by atoms with Crippen LogP contribution in [0.3, 0.4) is 0 Å². The van der Waals surface area contributed by atoms with Gasteiger partial charge in [-0.15, -0.1) is 0 Å². The molecule has 0 aliphatic carbocycles. The largest absolute Gasteiger partial charge is 0.473 e. The number of anilines is 1. The van der Waals surface area contributed by atoms with E-state index < -0.39 is 11.1 Å². The van der Waals surface area contributed by atoms with Gasteiger partial charge in [0.15, 0.2) is 0 Å². The van der Waals surface area contributed by atoms with Gasteiger partial charge in [0.05, 0.1) is 10.6 Å². The molecule has 38 heavy (non-hydrogen) atoms. The molecule has 0 spiro atoms. The molecule has 6 rings (SSSR count). The molecule has 0 bridgehead atoms. The normalized spacial score (nSPS) is 21.6. The highest BCUT2D eigenvalue weighted by Gasteiger charge is 2.42. The molecule has 3 amide bonds. The number of nitrogens with zero attached hydrogens (tertiary/aromatic N) is 4. The molecule has 4 heterocycles. The van der Waals surface area contributed by atoms with Crippen molar-refractivity contribution in [3.05, 3.63) is 88.5 Å². The van der Waals surface area contributed by atoms with Gasteiger partial charge in [-0.3, -0.25) is 19.7 Å². The van der Waals surface area contributed by atoms with Crippen LogP contribution in [-0.4, -0.2) is 58.1 Å². The lowest BCUT2D eigenvalue weighted by atomic mass is 10.0. The highest BCUT2D eigenvalue weighted by atomic mass is 32.2. The van der Waals surface area contributed by atoms with Gasteiger partial charge in [-0.25, -0.2) is 4.98 Å². The Bertz CT molecular complexity index is 1400. The Labute approximate surface area is 223 Å². The van der Waals surface area contributed by atoms with Crippen molar-refractivity contribution in [2.24, 2.45) is 11.8 Å². The van der Waals surface area contributed by atoms with Crippen molar-refractivity contribution in [3.8, 4) is 5.88 Å². The zero-order valence-corrected chi connectivity index (χ0v) is 21.3. The summed E-state index contributed by atoms with van der Waals surface area (Å²) >= 11 is 0.847. The zero-order chi connectivity index (χ0) is 26.1. The molecule has 3 fully saturated rings. The minimum absolute atomic E-state index is 0.0647. The third-order valence-electron chi connectivity index (χ3n) is 6.94. The van der Waals surface area contributed by atoms with Crippen LogP contribution in [0.2, 0.25) is 0 Å². The standard InChI is InChI=1S/C28H25N5O4S/c34-25-23(38-28(36)31-25)11-22-12-24(37-17-18-7-3-1-4-8-18)30-27(29-22)33-15-20-13-32(14-21(20)16-33)26(35)19-9-5-2-6-10-19/h1-12,20-21H,13-17H2,(H,31,34,36). The first-order valence-corrected chi connectivity index (χ1v) is 13.2. The molecule has 0 radical (unpaired) electrons. The second-order valence-corrected chi connectivity index (χ2v) is 10.6. The molecular formula is C28H25N5O4S. The first-order chi connectivity index (χ1) is 18.5. The van der Waals surface area contributed by atoms with E-state index in [4.69, 9.17) is 9.72 Å². The summed E-state index contributed by atoms with van der Waals surface area (Å²) in [5.41, 5.74) is 2.20. The lowest BCUT2D eigenvalue weighted by molar-refractivity contribution is -0.115. The van der Waals surface area contributed by atoms with E-state index in [1.165, 1.54) is 0 Å². The second-order valence-electron chi connectivity index (χ2n) is 9.56. The van der Waals surface area contributed by atoms with Gasteiger partial charge in [-0.05, 0) is 35.5 Å². The Morgan fingerprint density at radius 3 is 2.32 bits per heavy atom. The van der Waals surface area contributed by atoms with Crippen LogP contribution < -0.4 is 15.0 Å². The van der Waals surface area contributed by atoms with Gasteiger partial charge in [0, 0.05) is 49.6 Å². The summed E-state index contributed by atoms with van der Waals surface area (Å²) in [6.07, 6.45) is 1.59. The van der Waals surface area contributed by atoms with Gasteiger partial charge < -0.3 is 14.5 Å². The maximum Gasteiger partial charge on any atom is 0.290 e. The smallest absolute Gasteiger partial charge is 0.290 e. The van der Waals surface area contributed by atoms with Gasteiger partial charge in [-0.1, -0.05) is 48.5 Å². The third-order valence-corrected chi connectivity index (χ3v) is 7.75. The van der Waals surface area contributed by atoms with Crippen LogP contribution in [0.25, 0.3) is 6.08 Å². The Morgan fingerprint density at radius 1 is 0.974 bits per heavy atom. The SMILES string of the molecule is O=C1NC(=O)C(=Cc2cc(OCc3ccccc3)nc(N3CC4CN(C(=O)c5ccccc5)CC4C3)n2)S1. The highest BCUT2D eigenvalue weighted by Crippen LogP contribution is 2.34. The van der Waals surface area contributed by atoms with Crippen LogP contribution in [0.5, 0.6) is 5.88 Å². The van der Waals surface area contributed by atoms with Crippen molar-refractivity contribution < 1.29 is 19.1 Å². The number of amides is 3. The lowest BCUT2D eigenvalue weighted by Gasteiger charge is -2.22. The number of aromatic nitrogens is 2. The minimum Gasteiger partial charge on any atom is -0.473 e. The number of benzene rings is 2. The number of nitrogens with one attached hydrogen (secondary N) is 1. The summed E-state index contributed by atoms with van der Waals surface area (Å²) in [6, 6.07) is 20.8. The second kappa shape index (κ2) is 10.3. The lowest BCUT2D eigenvalue weighted by Crippen LogP contribution is -2.33. The van der Waals surface area contributed by atoms with Crippen LogP contribution in [0, 0.1) is 11.8 Å². The average Bonchev–Trinajstić information content (AvgIpc) is 3.61. The van der Waals surface area contributed by atoms with Crippen molar-refractivity contribution in [1.82, 2.24) is 20.2 Å². The number of imide groups is 1. The predicted octanol–water partition coefficient (Wildman–Crippen LogP) is 3.59. The molecular weight excluding hydrogens is 502 g/mol. The number of likely N-dealkylation sites (tertiary alicyclic amines) is 1. The molecule has 2 aromatic carbocycles. The van der Waals surface area contributed by atoms with Crippen molar-refractivity contribution in [2.75, 3.05) is 31.1 Å². The summed E-state index contributed by atoms with van der Waals surface area (Å²) in [4.78, 5) is 50.4. The maximum atomic E-state index is 12.9. The molecule has 3 aromatic rings. The summed E-state index contributed by atoms with van der Waals surface area (Å²) < 4.78 is 6.00. The molecule has 2 unspecified atom stereocenters. The number of ether oxygens (including phenoxy) is 1. The van der Waals surface area contributed by atoms with E-state index in [-0.39, 0.29) is 10.8 Å². The molecule has 1 N–H and O–H groups in total. The van der Waals surface area contributed by atoms with Gasteiger partial charge in [-0.2, -0.15) is 4.98 Å². The van der Waals surface area contributed by atoms with Crippen molar-refractivity contribution >= 4 is 40.8 Å². The quantitative estimate of drug-likeness (QED) is 0.485. The first kappa shape index (κ1) is 24.2. The number of carbonyl (C=O) groups is 3. The van der Waals surface area contributed by atoms with Gasteiger partial charge in [0.1, 0.15) is 6.61 Å². The molecule has 192 valence electrons. The van der Waals surface area contributed by atoms with Crippen LogP contribution in [0.1, 0.15) is 21.6 Å². The van der Waals surface area contributed by atoms with Crippen molar-refractivity contribution in [3.63, 3.8) is 0 Å². The average molecular weight is 528 g/mol. The summed E-state index contributed by atoms with van der Waals surface area (Å²) in [5.74, 6) is 1.15. The number of fused-ring (bicyclic) bond motifs is 1. The topological polar surface area (TPSA) is 105 Å². The van der Waals surface area contributed by atoms with E-state index in [0.717, 1.165) is 30.4 Å². The molecule has 3 saturated heterocycles. The van der Waals surface area contributed by atoms with Crippen LogP contribution in [0.4, 0.5) is 10.7 Å². The fraction of sp³-hybridized carbons (Fsp3) is 0.250. The van der Waals surface area contributed by atoms with E-state index >= 15 is 0 Å². The van der Waals surface area contributed by atoms with E-state index in [1.54, 1.807) is 12.1 Å². The van der Waals surface area contributed by atoms with E-state index in [1.807, 2.05) is 65.6 Å². The monoisotopic (exact) mass is 527 g/mol. The van der Waals surface area contributed by atoms with E-state index in [9.17, 15) is 14.4 Å². The van der Waals surface area contributed by atoms with Crippen molar-refractivity contribution in [1.29, 1.82) is 0 Å². The summed E-state index contributed by atoms with van der Waals surface area (Å²) in [6.45, 7) is 3.15. The Morgan fingerprint density at radius 2 is 1.66 bits per heavy atom. The highest BCUT2D eigenvalue weighted by molar-refractivity contribution is 8.18. The number of rotatable bonds is 6. The number of thioether (sulfide) groups is 1. The molecule has 2 atom stereocenters. The van der Waals surface area contributed by atoms with Crippen LogP contribution >= 0.6 is 11.8 Å². The zero-order valence-electron chi connectivity index (χ0n) is 20.4. The van der Waals surface area contributed by atoms with Gasteiger partial charge >= 0.3 is 0 Å². The molecule has 1 aromatic heterocycles. The molecule has 9 nitrogen and oxygen atoms in total. The number of hydrogen-bond acceptors (Lipinski definition) is 8. The molecule has 3 aliphatic rings. The predicted molar refractivity (Wildman–Crippen MR) is 143 cm³/mol. The molecule has 0 saturated carbocycles. The first-order valence-electron chi connectivity index (χ1n) is 12.4. The fourth-order valence-electron chi connectivity index (χ4n) is 5.09. The Hall–Kier alpha value is -4.18.